The zero-order chi connectivity index (χ0) is 10.1. The van der Waals surface area contributed by atoms with Crippen LogP contribution in [0.5, 0.6) is 0 Å². The van der Waals surface area contributed by atoms with Crippen molar-refractivity contribution in [2.45, 2.75) is 11.8 Å². The quantitative estimate of drug-likeness (QED) is 0.313. The minimum absolute atomic E-state index is 0.0610. The van der Waals surface area contributed by atoms with Crippen molar-refractivity contribution in [3.63, 3.8) is 0 Å². The van der Waals surface area contributed by atoms with E-state index in [1.54, 1.807) is 11.8 Å². The molecule has 0 aliphatic heterocycles. The summed E-state index contributed by atoms with van der Waals surface area (Å²) in [5.41, 5.74) is 0. The molecule has 0 aromatic heterocycles. The minimum Gasteiger partial charge on any atom is -0.450 e. The van der Waals surface area contributed by atoms with Gasteiger partial charge in [-0.25, -0.2) is 4.79 Å². The number of carbonyl (C=O) groups is 1. The van der Waals surface area contributed by atoms with Crippen LogP contribution in [0.2, 0.25) is 0 Å². The fraction of sp³-hybridized carbons (Fsp3) is 0.625. The van der Waals surface area contributed by atoms with Crippen LogP contribution >= 0.6 is 23.4 Å². The first kappa shape index (κ1) is 12.7. The fourth-order valence-electron chi connectivity index (χ4n) is 0.623. The van der Waals surface area contributed by atoms with E-state index in [1.165, 1.54) is 0 Å². The molecule has 0 saturated carbocycles. The van der Waals surface area contributed by atoms with E-state index in [9.17, 15) is 4.79 Å². The van der Waals surface area contributed by atoms with Crippen LogP contribution in [0.3, 0.4) is 0 Å². The number of rotatable bonds is 7. The van der Waals surface area contributed by atoms with Crippen molar-refractivity contribution in [2.24, 2.45) is 0 Å². The molecule has 0 spiro atoms. The number of carboxylic acid groups (broad SMARTS) is 1. The Morgan fingerprint density at radius 3 is 3.00 bits per heavy atom. The molecule has 0 aliphatic carbocycles. The number of ether oxygens (including phenoxy) is 1. The van der Waals surface area contributed by atoms with Crippen molar-refractivity contribution in [3.05, 3.63) is 12.7 Å². The molecule has 1 atom stereocenters. The topological polar surface area (TPSA) is 46.5 Å². The highest BCUT2D eigenvalue weighted by Crippen LogP contribution is 2.09. The molecule has 0 saturated heterocycles. The van der Waals surface area contributed by atoms with Gasteiger partial charge in [0.25, 0.3) is 0 Å². The van der Waals surface area contributed by atoms with Crippen LogP contribution in [-0.4, -0.2) is 34.8 Å². The maximum atomic E-state index is 9.98. The Labute approximate surface area is 87.1 Å². The Bertz CT molecular complexity index is 163. The Hall–Kier alpha value is -0.350. The van der Waals surface area contributed by atoms with E-state index in [1.807, 2.05) is 6.08 Å². The number of hydrogen-bond acceptors (Lipinski definition) is 3. The lowest BCUT2D eigenvalue weighted by Gasteiger charge is -2.07. The number of alkyl halides is 1. The van der Waals surface area contributed by atoms with Crippen molar-refractivity contribution < 1.29 is 14.6 Å². The molecule has 0 fully saturated rings. The molecule has 76 valence electrons. The van der Waals surface area contributed by atoms with E-state index < -0.39 is 6.16 Å². The normalized spacial score (nSPS) is 12.1. The van der Waals surface area contributed by atoms with Gasteiger partial charge in [-0.15, -0.1) is 18.2 Å². The van der Waals surface area contributed by atoms with Gasteiger partial charge in [0.1, 0.15) is 6.61 Å². The van der Waals surface area contributed by atoms with E-state index >= 15 is 0 Å². The van der Waals surface area contributed by atoms with Gasteiger partial charge in [-0.05, 0) is 12.2 Å². The second kappa shape index (κ2) is 8.26. The predicted molar refractivity (Wildman–Crippen MR) is 55.8 cm³/mol. The van der Waals surface area contributed by atoms with Crippen LogP contribution in [-0.2, 0) is 4.74 Å². The van der Waals surface area contributed by atoms with Gasteiger partial charge in [0, 0.05) is 5.75 Å². The summed E-state index contributed by atoms with van der Waals surface area (Å²) in [6.07, 6.45) is 1.29. The van der Waals surface area contributed by atoms with Crippen molar-refractivity contribution in [2.75, 3.05) is 18.1 Å². The molecule has 0 rings (SSSR count). The molecule has 3 nitrogen and oxygen atoms in total. The van der Waals surface area contributed by atoms with E-state index in [2.05, 4.69) is 11.3 Å². The highest BCUT2D eigenvalue weighted by Gasteiger charge is 2.06. The molecule has 0 amide bonds. The van der Waals surface area contributed by atoms with Crippen LogP contribution in [0.1, 0.15) is 6.42 Å². The summed E-state index contributed by atoms with van der Waals surface area (Å²) in [5.74, 6) is 1.78. The smallest absolute Gasteiger partial charge is 0.450 e. The average Bonchev–Trinajstić information content (AvgIpc) is 2.09. The second-order valence-corrected chi connectivity index (χ2v) is 4.09. The molecular weight excluding hydrogens is 212 g/mol. The molecule has 13 heavy (non-hydrogen) atoms. The molecule has 0 aromatic rings. The van der Waals surface area contributed by atoms with Crippen molar-refractivity contribution in [1.29, 1.82) is 0 Å². The number of thioether (sulfide) groups is 1. The molecule has 1 N–H and O–H groups in total. The van der Waals surface area contributed by atoms with Gasteiger partial charge in [-0.3, -0.25) is 0 Å². The van der Waals surface area contributed by atoms with Crippen LogP contribution in [0.25, 0.3) is 0 Å². The van der Waals surface area contributed by atoms with Crippen LogP contribution in [0, 0.1) is 0 Å². The molecule has 0 radical (unpaired) electrons. The Balaban J connectivity index is 3.24. The summed E-state index contributed by atoms with van der Waals surface area (Å²) in [6.45, 7) is 3.64. The maximum Gasteiger partial charge on any atom is 0.505 e. The van der Waals surface area contributed by atoms with Crippen LogP contribution in [0.4, 0.5) is 4.79 Å². The Morgan fingerprint density at radius 1 is 1.77 bits per heavy atom. The van der Waals surface area contributed by atoms with E-state index in [0.29, 0.717) is 0 Å². The summed E-state index contributed by atoms with van der Waals surface area (Å²) in [6, 6.07) is 0. The van der Waals surface area contributed by atoms with Gasteiger partial charge < -0.3 is 9.84 Å². The zero-order valence-electron chi connectivity index (χ0n) is 7.24. The SMILES string of the molecule is C=CCSCCC(Cl)COC(=O)O. The van der Waals surface area contributed by atoms with E-state index in [0.717, 1.165) is 17.9 Å². The van der Waals surface area contributed by atoms with Gasteiger partial charge in [0.15, 0.2) is 0 Å². The monoisotopic (exact) mass is 224 g/mol. The molecule has 0 bridgehead atoms. The predicted octanol–water partition coefficient (Wildman–Crippen LogP) is 2.60. The van der Waals surface area contributed by atoms with Gasteiger partial charge in [-0.1, -0.05) is 6.08 Å². The van der Waals surface area contributed by atoms with Crippen LogP contribution in [0.15, 0.2) is 12.7 Å². The zero-order valence-corrected chi connectivity index (χ0v) is 8.81. The molecule has 0 heterocycles. The summed E-state index contributed by atoms with van der Waals surface area (Å²) >= 11 is 7.49. The lowest BCUT2D eigenvalue weighted by Crippen LogP contribution is -2.13. The summed E-state index contributed by atoms with van der Waals surface area (Å²) < 4.78 is 4.32. The Morgan fingerprint density at radius 2 is 2.46 bits per heavy atom. The lowest BCUT2D eigenvalue weighted by molar-refractivity contribution is 0.0913. The van der Waals surface area contributed by atoms with Crippen molar-refractivity contribution in [3.8, 4) is 0 Å². The number of halogens is 1. The summed E-state index contributed by atoms with van der Waals surface area (Å²) in [4.78, 5) is 9.98. The first-order chi connectivity index (χ1) is 6.16. The Kier molecular flexibility index (Phi) is 8.04. The second-order valence-electron chi connectivity index (χ2n) is 2.33. The highest BCUT2D eigenvalue weighted by atomic mass is 35.5. The van der Waals surface area contributed by atoms with Crippen molar-refractivity contribution >= 4 is 29.5 Å². The standard InChI is InChI=1S/C8H13ClO3S/c1-2-4-13-5-3-7(9)6-12-8(10)11/h2,7H,1,3-6H2,(H,10,11). The molecule has 0 aromatic carbocycles. The molecular formula is C8H13ClO3S. The lowest BCUT2D eigenvalue weighted by atomic mass is 10.3. The van der Waals surface area contributed by atoms with Gasteiger partial charge in [-0.2, -0.15) is 11.8 Å². The maximum absolute atomic E-state index is 9.98. The first-order valence-corrected chi connectivity index (χ1v) is 5.44. The van der Waals surface area contributed by atoms with Gasteiger partial charge >= 0.3 is 6.16 Å². The minimum atomic E-state index is -1.27. The average molecular weight is 225 g/mol. The van der Waals surface area contributed by atoms with Gasteiger partial charge in [0.2, 0.25) is 0 Å². The van der Waals surface area contributed by atoms with Crippen molar-refractivity contribution in [1.82, 2.24) is 0 Å². The molecule has 1 unspecified atom stereocenters. The highest BCUT2D eigenvalue weighted by molar-refractivity contribution is 7.99. The van der Waals surface area contributed by atoms with E-state index in [-0.39, 0.29) is 12.0 Å². The summed E-state index contributed by atoms with van der Waals surface area (Å²) in [7, 11) is 0. The number of hydrogen-bond donors (Lipinski definition) is 1. The fourth-order valence-corrected chi connectivity index (χ4v) is 1.71. The molecule has 5 heteroatoms. The first-order valence-electron chi connectivity index (χ1n) is 3.85. The third-order valence-corrected chi connectivity index (χ3v) is 2.54. The largest absolute Gasteiger partial charge is 0.505 e. The van der Waals surface area contributed by atoms with Gasteiger partial charge in [0.05, 0.1) is 5.38 Å². The van der Waals surface area contributed by atoms with Crippen LogP contribution < -0.4 is 0 Å². The van der Waals surface area contributed by atoms with E-state index in [4.69, 9.17) is 16.7 Å². The molecule has 0 aliphatic rings. The third-order valence-electron chi connectivity index (χ3n) is 1.20. The summed E-state index contributed by atoms with van der Waals surface area (Å²) in [5, 5.41) is 7.94. The third kappa shape index (κ3) is 9.56.